The van der Waals surface area contributed by atoms with E-state index in [4.69, 9.17) is 9.15 Å². The first-order valence-electron chi connectivity index (χ1n) is 23.0. The number of ether oxygens (including phenoxy) is 1. The lowest BCUT2D eigenvalue weighted by atomic mass is 9.34. The minimum Gasteiger partial charge on any atom is -0.458 e. The molecule has 4 nitrogen and oxygen atoms in total. The lowest BCUT2D eigenvalue weighted by molar-refractivity contribution is 0.486. The molecule has 0 saturated heterocycles. The van der Waals surface area contributed by atoms with Crippen molar-refractivity contribution in [1.82, 2.24) is 0 Å². The second-order valence-electron chi connectivity index (χ2n) is 21.9. The summed E-state index contributed by atoms with van der Waals surface area (Å²) in [6, 6.07) is 49.1. The number of fused-ring (bicyclic) bond motifs is 7. The van der Waals surface area contributed by atoms with Crippen molar-refractivity contribution in [3.8, 4) is 11.5 Å². The quantitative estimate of drug-likeness (QED) is 0.165. The van der Waals surface area contributed by atoms with E-state index in [0.29, 0.717) is 11.8 Å². The molecule has 0 atom stereocenters. The molecule has 2 aliphatic heterocycles. The van der Waals surface area contributed by atoms with Crippen molar-refractivity contribution < 1.29 is 10.5 Å². The highest BCUT2D eigenvalue weighted by molar-refractivity contribution is 6.99. The van der Waals surface area contributed by atoms with E-state index in [0.717, 1.165) is 78.2 Å². The summed E-state index contributed by atoms with van der Waals surface area (Å²) in [4.78, 5) is 4.87. The first kappa shape index (κ1) is 39.6. The van der Waals surface area contributed by atoms with E-state index in [1.54, 1.807) is 0 Å². The zero-order chi connectivity index (χ0) is 45.2. The van der Waals surface area contributed by atoms with E-state index in [9.17, 15) is 1.37 Å². The summed E-state index contributed by atoms with van der Waals surface area (Å²) in [5, 5.41) is 2.08. The van der Waals surface area contributed by atoms with Gasteiger partial charge in [0.2, 0.25) is 0 Å². The third kappa shape index (κ3) is 6.83. The largest absolute Gasteiger partial charge is 0.458 e. The number of benzene rings is 7. The third-order valence-electron chi connectivity index (χ3n) is 13.3. The molecule has 2 aliphatic rings. The Morgan fingerprint density at radius 3 is 1.63 bits per heavy atom. The van der Waals surface area contributed by atoms with Crippen LogP contribution in [0.5, 0.6) is 11.5 Å². The van der Waals surface area contributed by atoms with Gasteiger partial charge in [-0.3, -0.25) is 0 Å². The van der Waals surface area contributed by atoms with Crippen LogP contribution in [-0.4, -0.2) is 6.71 Å². The predicted octanol–water partition coefficient (Wildman–Crippen LogP) is 14.7. The Kier molecular flexibility index (Phi) is 8.91. The van der Waals surface area contributed by atoms with Gasteiger partial charge in [-0.25, -0.2) is 0 Å². The summed E-state index contributed by atoms with van der Waals surface area (Å²) in [5.74, 6) is 1.53. The fraction of sp³-hybridized carbons (Fsp3) is 0.276. The van der Waals surface area contributed by atoms with E-state index in [-0.39, 0.29) is 28.4 Å². The second kappa shape index (κ2) is 14.2. The Bertz CT molecular complexity index is 3060. The Morgan fingerprint density at radius 2 is 1.06 bits per heavy atom. The molecule has 3 heterocycles. The van der Waals surface area contributed by atoms with E-state index < -0.39 is 0 Å². The van der Waals surface area contributed by atoms with E-state index >= 15 is 0 Å². The first-order chi connectivity index (χ1) is 30.2. The maximum absolute atomic E-state index is 9.35. The highest BCUT2D eigenvalue weighted by Crippen LogP contribution is 2.53. The summed E-state index contributed by atoms with van der Waals surface area (Å²) in [6.45, 7) is 27.0. The molecule has 63 heavy (non-hydrogen) atoms. The standard InChI is InChI=1S/C58H59BN2O2/c1-55(2,3)36-20-27-40(28-21-36)60(41-29-22-37(23-30-41)56(4,5)6)54-51-43-16-13-14-18-47(43)62-50(51)35-45-53(54)61(42-31-24-38(25-32-42)57(7,8)9)46-17-15-19-49-52(46)59(45)44-34-39(58(10,11)12)26-33-48(44)63-49/h13-35H,1-12H3/i15D. The van der Waals surface area contributed by atoms with Crippen LogP contribution in [0.2, 0.25) is 0 Å². The molecule has 0 bridgehead atoms. The van der Waals surface area contributed by atoms with E-state index in [1.807, 2.05) is 12.1 Å². The molecule has 0 radical (unpaired) electrons. The molecule has 0 fully saturated rings. The van der Waals surface area contributed by atoms with Gasteiger partial charge in [-0.05, 0) is 127 Å². The molecular formula is C58H59BN2O2. The van der Waals surface area contributed by atoms with Crippen LogP contribution in [0.25, 0.3) is 21.9 Å². The van der Waals surface area contributed by atoms with Crippen molar-refractivity contribution in [2.45, 2.75) is 105 Å². The average Bonchev–Trinajstić information content (AvgIpc) is 3.61. The minimum atomic E-state index is -0.221. The topological polar surface area (TPSA) is 28.9 Å². The molecule has 0 amide bonds. The van der Waals surface area contributed by atoms with Gasteiger partial charge in [0.05, 0.1) is 18.1 Å². The van der Waals surface area contributed by atoms with Crippen LogP contribution in [0.1, 0.15) is 107 Å². The minimum absolute atomic E-state index is 0.0224. The molecule has 0 saturated carbocycles. The molecule has 0 unspecified atom stereocenters. The lowest BCUT2D eigenvalue weighted by Crippen LogP contribution is -2.60. The van der Waals surface area contributed by atoms with Gasteiger partial charge in [0.25, 0.3) is 6.71 Å². The van der Waals surface area contributed by atoms with E-state index in [2.05, 4.69) is 214 Å². The summed E-state index contributed by atoms with van der Waals surface area (Å²) < 4.78 is 23.2. The van der Waals surface area contributed by atoms with Gasteiger partial charge in [-0.2, -0.15) is 0 Å². The summed E-state index contributed by atoms with van der Waals surface area (Å²) in [6.07, 6.45) is 0. The maximum Gasteiger partial charge on any atom is 0.256 e. The number of anilines is 6. The van der Waals surface area contributed by atoms with Gasteiger partial charge in [-0.1, -0.05) is 156 Å². The van der Waals surface area contributed by atoms with Crippen LogP contribution in [0, 0.1) is 0 Å². The zero-order valence-corrected chi connectivity index (χ0v) is 39.0. The van der Waals surface area contributed by atoms with Gasteiger partial charge in [0, 0.05) is 28.1 Å². The molecule has 0 aliphatic carbocycles. The highest BCUT2D eigenvalue weighted by atomic mass is 16.5. The number of hydrogen-bond acceptors (Lipinski definition) is 4. The second-order valence-corrected chi connectivity index (χ2v) is 21.9. The van der Waals surface area contributed by atoms with Gasteiger partial charge in [0.1, 0.15) is 22.7 Å². The van der Waals surface area contributed by atoms with Crippen molar-refractivity contribution in [2.24, 2.45) is 0 Å². The fourth-order valence-electron chi connectivity index (χ4n) is 9.64. The smallest absolute Gasteiger partial charge is 0.256 e. The molecule has 0 N–H and O–H groups in total. The number of rotatable bonds is 4. The number of furan rings is 1. The zero-order valence-electron chi connectivity index (χ0n) is 40.0. The molecule has 0 spiro atoms. The first-order valence-corrected chi connectivity index (χ1v) is 22.5. The van der Waals surface area contributed by atoms with Gasteiger partial charge in [-0.15, -0.1) is 0 Å². The number of nitrogens with zero attached hydrogens (tertiary/aromatic N) is 2. The molecular weight excluding hydrogens is 767 g/mol. The summed E-state index contributed by atoms with van der Waals surface area (Å²) in [7, 11) is 0. The van der Waals surface area contributed by atoms with Crippen molar-refractivity contribution in [2.75, 3.05) is 9.80 Å². The van der Waals surface area contributed by atoms with Crippen molar-refractivity contribution in [3.63, 3.8) is 0 Å². The van der Waals surface area contributed by atoms with Gasteiger partial charge >= 0.3 is 0 Å². The van der Waals surface area contributed by atoms with Crippen LogP contribution in [0.4, 0.5) is 34.1 Å². The van der Waals surface area contributed by atoms with Crippen LogP contribution in [-0.2, 0) is 21.7 Å². The monoisotopic (exact) mass is 827 g/mol. The molecule has 1 aromatic heterocycles. The molecule has 7 aromatic carbocycles. The van der Waals surface area contributed by atoms with Gasteiger partial charge < -0.3 is 19.0 Å². The predicted molar refractivity (Wildman–Crippen MR) is 269 cm³/mol. The van der Waals surface area contributed by atoms with Crippen LogP contribution < -0.4 is 30.9 Å². The van der Waals surface area contributed by atoms with Crippen molar-refractivity contribution in [1.29, 1.82) is 0 Å². The van der Waals surface area contributed by atoms with Crippen molar-refractivity contribution >= 4 is 79.2 Å². The summed E-state index contributed by atoms with van der Waals surface area (Å²) >= 11 is 0. The van der Waals surface area contributed by atoms with Gasteiger partial charge in [0.15, 0.2) is 0 Å². The summed E-state index contributed by atoms with van der Waals surface area (Å²) in [5.41, 5.74) is 15.9. The Hall–Kier alpha value is -6.20. The Morgan fingerprint density at radius 1 is 0.524 bits per heavy atom. The van der Waals surface area contributed by atoms with Crippen LogP contribution >= 0.6 is 0 Å². The molecule has 5 heteroatoms. The Balaban J connectivity index is 1.39. The van der Waals surface area contributed by atoms with Crippen molar-refractivity contribution in [3.05, 3.63) is 162 Å². The molecule has 10 rings (SSSR count). The molecule has 316 valence electrons. The third-order valence-corrected chi connectivity index (χ3v) is 13.3. The van der Waals surface area contributed by atoms with Crippen LogP contribution in [0.3, 0.4) is 0 Å². The Labute approximate surface area is 376 Å². The van der Waals surface area contributed by atoms with Crippen LogP contribution in [0.15, 0.2) is 144 Å². The highest BCUT2D eigenvalue weighted by Gasteiger charge is 2.45. The fourth-order valence-corrected chi connectivity index (χ4v) is 9.64. The normalized spacial score (nSPS) is 14.0. The average molecular weight is 828 g/mol. The molecule has 8 aromatic rings. The number of para-hydroxylation sites is 1. The lowest BCUT2D eigenvalue weighted by Gasteiger charge is -2.43. The maximum atomic E-state index is 9.35. The van der Waals surface area contributed by atoms with E-state index in [1.165, 1.54) is 22.3 Å². The SMILES string of the molecule is [2H]c1cc2c3c(c1)N(c1ccc(C(C)(C)C)cc1)c1c(cc4oc5ccccc5c4c1N(c1ccc(C(C)(C)C)cc1)c1ccc(C(C)(C)C)cc1)B3c1cc(C(C)(C)C)ccc1O2. The number of hydrogen-bond donors (Lipinski definition) is 0.